The zero-order valence-electron chi connectivity index (χ0n) is 11.7. The van der Waals surface area contributed by atoms with Crippen LogP contribution in [0.1, 0.15) is 19.4 Å². The number of rotatable bonds is 4. The zero-order valence-corrected chi connectivity index (χ0v) is 11.7. The van der Waals surface area contributed by atoms with E-state index < -0.39 is 6.10 Å². The fraction of sp³-hybridized carbons (Fsp3) is 0.429. The Labute approximate surface area is 116 Å². The van der Waals surface area contributed by atoms with Crippen molar-refractivity contribution in [1.29, 1.82) is 0 Å². The summed E-state index contributed by atoms with van der Waals surface area (Å²) in [5, 5.41) is 9.28. The Bertz CT molecular complexity index is 555. The van der Waals surface area contributed by atoms with Crippen molar-refractivity contribution in [2.75, 3.05) is 18.6 Å². The molecular weight excluding hydrogens is 262 g/mol. The molecule has 0 aromatic heterocycles. The van der Waals surface area contributed by atoms with Crippen molar-refractivity contribution < 1.29 is 24.2 Å². The van der Waals surface area contributed by atoms with Gasteiger partial charge in [-0.2, -0.15) is 0 Å². The lowest BCUT2D eigenvalue weighted by atomic mass is 10.1. The smallest absolute Gasteiger partial charge is 0.268 e. The van der Waals surface area contributed by atoms with Crippen LogP contribution in [0.5, 0.6) is 11.5 Å². The van der Waals surface area contributed by atoms with Gasteiger partial charge in [0, 0.05) is 0 Å². The third kappa shape index (κ3) is 2.46. The molecule has 0 aliphatic carbocycles. The van der Waals surface area contributed by atoms with Gasteiger partial charge in [0.15, 0.2) is 17.6 Å². The van der Waals surface area contributed by atoms with E-state index in [0.29, 0.717) is 22.7 Å². The molecule has 1 atom stereocenters. The van der Waals surface area contributed by atoms with Crippen LogP contribution >= 0.6 is 0 Å². The monoisotopic (exact) mass is 279 g/mol. The molecule has 1 amide bonds. The van der Waals surface area contributed by atoms with E-state index in [4.69, 9.17) is 9.47 Å². The number of nitrogens with zero attached hydrogens (tertiary/aromatic N) is 1. The maximum Gasteiger partial charge on any atom is 0.268 e. The number of hydrogen-bond acceptors (Lipinski definition) is 5. The van der Waals surface area contributed by atoms with Gasteiger partial charge in [0.2, 0.25) is 0 Å². The molecule has 0 saturated heterocycles. The molecule has 0 bridgehead atoms. The first-order chi connectivity index (χ1) is 9.47. The molecule has 1 aliphatic heterocycles. The Morgan fingerprint density at radius 1 is 1.50 bits per heavy atom. The summed E-state index contributed by atoms with van der Waals surface area (Å²) in [6.07, 6.45) is -0.685. The molecular formula is C14H17NO5. The van der Waals surface area contributed by atoms with Gasteiger partial charge < -0.3 is 14.6 Å². The van der Waals surface area contributed by atoms with Gasteiger partial charge in [-0.15, -0.1) is 0 Å². The predicted molar refractivity (Wildman–Crippen MR) is 72.0 cm³/mol. The highest BCUT2D eigenvalue weighted by Crippen LogP contribution is 2.42. The number of amides is 1. The molecule has 6 heteroatoms. The van der Waals surface area contributed by atoms with Crippen LogP contribution < -0.4 is 14.4 Å². The van der Waals surface area contributed by atoms with Gasteiger partial charge in [-0.05, 0) is 31.5 Å². The number of Topliss-reactive ketones (excluding diaryl/α,β-unsaturated/α-hetero) is 1. The summed E-state index contributed by atoms with van der Waals surface area (Å²) in [6, 6.07) is 3.28. The van der Waals surface area contributed by atoms with Crippen LogP contribution in [0, 0.1) is 0 Å². The van der Waals surface area contributed by atoms with Crippen molar-refractivity contribution >= 4 is 17.4 Å². The second-order valence-corrected chi connectivity index (χ2v) is 4.69. The topological polar surface area (TPSA) is 76.1 Å². The molecule has 20 heavy (non-hydrogen) atoms. The third-order valence-electron chi connectivity index (χ3n) is 3.08. The Morgan fingerprint density at radius 2 is 2.20 bits per heavy atom. The number of ketones is 1. The summed E-state index contributed by atoms with van der Waals surface area (Å²) < 4.78 is 10.8. The van der Waals surface area contributed by atoms with Crippen molar-refractivity contribution in [3.63, 3.8) is 0 Å². The minimum atomic E-state index is -0.685. The van der Waals surface area contributed by atoms with E-state index >= 15 is 0 Å². The molecule has 108 valence electrons. The van der Waals surface area contributed by atoms with Crippen LogP contribution in [0.2, 0.25) is 0 Å². The minimum Gasteiger partial charge on any atom is -0.493 e. The Morgan fingerprint density at radius 3 is 2.75 bits per heavy atom. The van der Waals surface area contributed by atoms with E-state index in [-0.39, 0.29) is 24.8 Å². The minimum absolute atomic E-state index is 0.0302. The van der Waals surface area contributed by atoms with Crippen molar-refractivity contribution in [3.8, 4) is 11.5 Å². The first-order valence-electron chi connectivity index (χ1n) is 6.27. The summed E-state index contributed by atoms with van der Waals surface area (Å²) in [6.45, 7) is 2.82. The average Bonchev–Trinajstić information content (AvgIpc) is 2.42. The number of carbonyl (C=O) groups is 2. The van der Waals surface area contributed by atoms with E-state index in [9.17, 15) is 14.7 Å². The Hall–Kier alpha value is -2.08. The number of aliphatic hydroxyl groups is 1. The first kappa shape index (κ1) is 14.3. The maximum atomic E-state index is 12.2. The number of fused-ring (bicyclic) bond motifs is 1. The summed E-state index contributed by atoms with van der Waals surface area (Å²) in [5.74, 6) is 0.425. The van der Waals surface area contributed by atoms with E-state index in [0.717, 1.165) is 0 Å². The fourth-order valence-corrected chi connectivity index (χ4v) is 2.16. The quantitative estimate of drug-likeness (QED) is 0.885. The number of hydrogen-bond donors (Lipinski definition) is 1. The average molecular weight is 279 g/mol. The summed E-state index contributed by atoms with van der Waals surface area (Å²) >= 11 is 0. The molecule has 0 radical (unpaired) electrons. The Balaban J connectivity index is 2.58. The van der Waals surface area contributed by atoms with Crippen molar-refractivity contribution in [2.45, 2.75) is 26.6 Å². The number of ether oxygens (including phenoxy) is 2. The summed E-state index contributed by atoms with van der Waals surface area (Å²) in [7, 11) is 1.48. The first-order valence-corrected chi connectivity index (χ1v) is 6.27. The van der Waals surface area contributed by atoms with E-state index in [1.807, 2.05) is 0 Å². The van der Waals surface area contributed by atoms with Crippen LogP contribution in [0.25, 0.3) is 0 Å². The molecule has 1 aromatic rings. The zero-order chi connectivity index (χ0) is 14.9. The van der Waals surface area contributed by atoms with Crippen molar-refractivity contribution in [2.24, 2.45) is 0 Å². The molecule has 1 aromatic carbocycles. The summed E-state index contributed by atoms with van der Waals surface area (Å²) in [4.78, 5) is 24.9. The molecule has 1 aliphatic rings. The number of carbonyl (C=O) groups excluding carboxylic acids is 2. The molecule has 0 fully saturated rings. The fourth-order valence-electron chi connectivity index (χ4n) is 2.16. The van der Waals surface area contributed by atoms with Crippen molar-refractivity contribution in [1.82, 2.24) is 0 Å². The highest BCUT2D eigenvalue weighted by atomic mass is 16.5. The van der Waals surface area contributed by atoms with E-state index in [2.05, 4.69) is 0 Å². The predicted octanol–water partition coefficient (Wildman–Crippen LogP) is 0.890. The number of aliphatic hydroxyl groups excluding tert-OH is 1. The second kappa shape index (κ2) is 5.50. The number of methoxy groups -OCH3 is 1. The molecule has 1 N–H and O–H groups in total. The number of benzene rings is 1. The van der Waals surface area contributed by atoms with Crippen LogP contribution in [-0.2, 0) is 16.2 Å². The lowest BCUT2D eigenvalue weighted by Crippen LogP contribution is -2.46. The van der Waals surface area contributed by atoms with Gasteiger partial charge in [-0.25, -0.2) is 0 Å². The SMILES string of the molecule is COc1cc(CO)cc2c1OC(C)C(=O)N2CC(C)=O. The van der Waals surface area contributed by atoms with Crippen LogP contribution in [0.15, 0.2) is 12.1 Å². The summed E-state index contributed by atoms with van der Waals surface area (Å²) in [5.41, 5.74) is 1.03. The van der Waals surface area contributed by atoms with Gasteiger partial charge in [0.25, 0.3) is 5.91 Å². The normalized spacial score (nSPS) is 17.5. The largest absolute Gasteiger partial charge is 0.493 e. The molecule has 0 spiro atoms. The third-order valence-corrected chi connectivity index (χ3v) is 3.08. The maximum absolute atomic E-state index is 12.2. The van der Waals surface area contributed by atoms with Crippen LogP contribution in [0.3, 0.4) is 0 Å². The number of anilines is 1. The van der Waals surface area contributed by atoms with Crippen LogP contribution in [-0.4, -0.2) is 36.6 Å². The van der Waals surface area contributed by atoms with Gasteiger partial charge in [0.1, 0.15) is 5.78 Å². The van der Waals surface area contributed by atoms with Gasteiger partial charge >= 0.3 is 0 Å². The van der Waals surface area contributed by atoms with Gasteiger partial charge in [-0.3, -0.25) is 14.5 Å². The molecule has 1 unspecified atom stereocenters. The highest BCUT2D eigenvalue weighted by molar-refractivity contribution is 6.04. The molecule has 1 heterocycles. The molecule has 0 saturated carbocycles. The standard InChI is InChI=1S/C14H17NO5/c1-8(17)6-15-11-4-10(7-16)5-12(19-3)13(11)20-9(2)14(15)18/h4-5,9,16H,6-7H2,1-3H3. The molecule has 6 nitrogen and oxygen atoms in total. The highest BCUT2D eigenvalue weighted by Gasteiger charge is 2.34. The van der Waals surface area contributed by atoms with Gasteiger partial charge in [0.05, 0.1) is 25.9 Å². The van der Waals surface area contributed by atoms with E-state index in [1.165, 1.54) is 18.9 Å². The molecule has 2 rings (SSSR count). The lowest BCUT2D eigenvalue weighted by Gasteiger charge is -2.33. The second-order valence-electron chi connectivity index (χ2n) is 4.69. The Kier molecular flexibility index (Phi) is 3.94. The van der Waals surface area contributed by atoms with Crippen LogP contribution in [0.4, 0.5) is 5.69 Å². The van der Waals surface area contributed by atoms with E-state index in [1.54, 1.807) is 19.1 Å². The van der Waals surface area contributed by atoms with Gasteiger partial charge in [-0.1, -0.05) is 0 Å². The lowest BCUT2D eigenvalue weighted by molar-refractivity contribution is -0.127. The van der Waals surface area contributed by atoms with Crippen molar-refractivity contribution in [3.05, 3.63) is 17.7 Å².